The van der Waals surface area contributed by atoms with Gasteiger partial charge in [-0.2, -0.15) is 0 Å². The highest BCUT2D eigenvalue weighted by atomic mass is 16.2. The van der Waals surface area contributed by atoms with Crippen LogP contribution in [-0.2, 0) is 0 Å². The average Bonchev–Trinajstić information content (AvgIpc) is 2.63. The Morgan fingerprint density at radius 2 is 2.12 bits per heavy atom. The summed E-state index contributed by atoms with van der Waals surface area (Å²) in [6, 6.07) is 0.268. The van der Waals surface area contributed by atoms with Gasteiger partial charge in [-0.3, -0.25) is 4.79 Å². The minimum atomic E-state index is -0.372. The zero-order valence-corrected chi connectivity index (χ0v) is 10.7. The maximum Gasteiger partial charge on any atom is 0.323 e. The van der Waals surface area contributed by atoms with Gasteiger partial charge < -0.3 is 20.2 Å². The lowest BCUT2D eigenvalue weighted by Crippen LogP contribution is -2.43. The molecule has 1 atom stereocenters. The molecule has 0 saturated heterocycles. The Labute approximate surface area is 100 Å². The number of aromatic amines is 2. The lowest BCUT2D eigenvalue weighted by atomic mass is 10.0. The molecular weight excluding hydrogens is 220 g/mol. The molecule has 1 rings (SSSR count). The summed E-state index contributed by atoms with van der Waals surface area (Å²) in [5, 5.41) is 2.80. The van der Waals surface area contributed by atoms with Crippen LogP contribution in [-0.4, -0.2) is 47.5 Å². The topological polar surface area (TPSA) is 81.0 Å². The smallest absolute Gasteiger partial charge is 0.323 e. The summed E-state index contributed by atoms with van der Waals surface area (Å²) < 4.78 is 0. The molecule has 0 spiro atoms. The van der Waals surface area contributed by atoms with Crippen molar-refractivity contribution in [3.05, 3.63) is 22.4 Å². The molecular formula is C11H20N4O2. The fraction of sp³-hybridized carbons (Fsp3) is 0.636. The third-order valence-electron chi connectivity index (χ3n) is 2.75. The Kier molecular flexibility index (Phi) is 4.51. The van der Waals surface area contributed by atoms with Gasteiger partial charge in [-0.15, -0.1) is 0 Å². The number of hydrogen-bond acceptors (Lipinski definition) is 3. The molecule has 3 N–H and O–H groups in total. The molecule has 0 bridgehead atoms. The van der Waals surface area contributed by atoms with E-state index in [1.165, 1.54) is 6.20 Å². The van der Waals surface area contributed by atoms with Crippen LogP contribution in [0.15, 0.2) is 11.0 Å². The van der Waals surface area contributed by atoms with Crippen molar-refractivity contribution >= 4 is 5.91 Å². The average molecular weight is 240 g/mol. The molecule has 1 aromatic heterocycles. The second-order valence-electron chi connectivity index (χ2n) is 4.64. The van der Waals surface area contributed by atoms with E-state index in [0.717, 1.165) is 0 Å². The molecule has 0 fully saturated rings. The molecule has 1 heterocycles. The quantitative estimate of drug-likeness (QED) is 0.678. The number of nitrogens with one attached hydrogen (secondary N) is 3. The Morgan fingerprint density at radius 3 is 2.53 bits per heavy atom. The standard InChI is InChI=1S/C11H20N4O2/c1-7(2)9(15(3)4)6-12-10(16)8-5-13-11(17)14-8/h5,7,9H,6H2,1-4H3,(H,12,16)(H2,13,14,17). The van der Waals surface area contributed by atoms with Gasteiger partial charge in [0.25, 0.3) is 5.91 Å². The number of aromatic nitrogens is 2. The lowest BCUT2D eigenvalue weighted by Gasteiger charge is -2.27. The largest absolute Gasteiger partial charge is 0.349 e. The van der Waals surface area contributed by atoms with E-state index in [2.05, 4.69) is 34.0 Å². The van der Waals surface area contributed by atoms with Gasteiger partial charge in [0.05, 0.1) is 0 Å². The first-order chi connectivity index (χ1) is 7.91. The summed E-state index contributed by atoms with van der Waals surface area (Å²) >= 11 is 0. The number of carbonyl (C=O) groups excluding carboxylic acids is 1. The van der Waals surface area contributed by atoms with Crippen molar-refractivity contribution in [1.82, 2.24) is 20.2 Å². The highest BCUT2D eigenvalue weighted by Crippen LogP contribution is 2.06. The number of hydrogen-bond donors (Lipinski definition) is 3. The van der Waals surface area contributed by atoms with Crippen molar-refractivity contribution in [2.75, 3.05) is 20.6 Å². The van der Waals surface area contributed by atoms with Crippen LogP contribution in [0.3, 0.4) is 0 Å². The molecule has 17 heavy (non-hydrogen) atoms. The van der Waals surface area contributed by atoms with Gasteiger partial charge in [0.2, 0.25) is 0 Å². The van der Waals surface area contributed by atoms with Crippen molar-refractivity contribution in [1.29, 1.82) is 0 Å². The van der Waals surface area contributed by atoms with E-state index in [9.17, 15) is 9.59 Å². The van der Waals surface area contributed by atoms with Crippen molar-refractivity contribution in [2.24, 2.45) is 5.92 Å². The molecule has 6 nitrogen and oxygen atoms in total. The molecule has 1 amide bonds. The van der Waals surface area contributed by atoms with Gasteiger partial charge in [0, 0.05) is 18.8 Å². The van der Waals surface area contributed by atoms with Crippen molar-refractivity contribution in [3.8, 4) is 0 Å². The minimum Gasteiger partial charge on any atom is -0.349 e. The second kappa shape index (κ2) is 5.67. The van der Waals surface area contributed by atoms with Crippen LogP contribution in [0.2, 0.25) is 0 Å². The lowest BCUT2D eigenvalue weighted by molar-refractivity contribution is 0.0930. The maximum atomic E-state index is 11.7. The number of H-pyrrole nitrogens is 2. The Morgan fingerprint density at radius 1 is 1.47 bits per heavy atom. The number of imidazole rings is 1. The van der Waals surface area contributed by atoms with Crippen LogP contribution in [0.1, 0.15) is 24.3 Å². The third-order valence-corrected chi connectivity index (χ3v) is 2.75. The monoisotopic (exact) mass is 240 g/mol. The van der Waals surface area contributed by atoms with E-state index in [0.29, 0.717) is 12.5 Å². The summed E-state index contributed by atoms with van der Waals surface area (Å²) in [4.78, 5) is 29.4. The first kappa shape index (κ1) is 13.5. The van der Waals surface area contributed by atoms with Gasteiger partial charge in [-0.25, -0.2) is 4.79 Å². The molecule has 0 radical (unpaired) electrons. The van der Waals surface area contributed by atoms with Gasteiger partial charge in [-0.05, 0) is 20.0 Å². The van der Waals surface area contributed by atoms with E-state index >= 15 is 0 Å². The Balaban J connectivity index is 2.55. The SMILES string of the molecule is CC(C)C(CNC(=O)c1c[nH]c(=O)[nH]1)N(C)C. The van der Waals surface area contributed by atoms with E-state index in [1.807, 2.05) is 14.1 Å². The zero-order chi connectivity index (χ0) is 13.0. The summed E-state index contributed by atoms with van der Waals surface area (Å²) in [7, 11) is 3.96. The van der Waals surface area contributed by atoms with Gasteiger partial charge in [-0.1, -0.05) is 13.8 Å². The van der Waals surface area contributed by atoms with Crippen LogP contribution < -0.4 is 11.0 Å². The Hall–Kier alpha value is -1.56. The molecule has 0 aliphatic heterocycles. The molecule has 0 aliphatic carbocycles. The van der Waals surface area contributed by atoms with E-state index in [-0.39, 0.29) is 23.3 Å². The predicted molar refractivity (Wildman–Crippen MR) is 66.1 cm³/mol. The summed E-state index contributed by atoms with van der Waals surface area (Å²) in [5.41, 5.74) is -0.112. The summed E-state index contributed by atoms with van der Waals surface area (Å²) in [6.45, 7) is 4.76. The van der Waals surface area contributed by atoms with Gasteiger partial charge in [0.1, 0.15) is 5.69 Å². The molecule has 0 aliphatic rings. The number of likely N-dealkylation sites (N-methyl/N-ethyl adjacent to an activating group) is 1. The van der Waals surface area contributed by atoms with Crippen molar-refractivity contribution in [2.45, 2.75) is 19.9 Å². The zero-order valence-electron chi connectivity index (χ0n) is 10.7. The van der Waals surface area contributed by atoms with Crippen LogP contribution in [0.4, 0.5) is 0 Å². The number of amides is 1. The second-order valence-corrected chi connectivity index (χ2v) is 4.64. The normalized spacial score (nSPS) is 13.1. The Bertz CT molecular complexity index is 411. The number of carbonyl (C=O) groups is 1. The number of nitrogens with zero attached hydrogens (tertiary/aromatic N) is 1. The molecule has 6 heteroatoms. The van der Waals surface area contributed by atoms with E-state index in [1.54, 1.807) is 0 Å². The minimum absolute atomic E-state index is 0.260. The maximum absolute atomic E-state index is 11.7. The number of rotatable bonds is 5. The van der Waals surface area contributed by atoms with Crippen molar-refractivity contribution in [3.63, 3.8) is 0 Å². The summed E-state index contributed by atoms with van der Waals surface area (Å²) in [5.74, 6) is 0.173. The van der Waals surface area contributed by atoms with Crippen molar-refractivity contribution < 1.29 is 4.79 Å². The fourth-order valence-corrected chi connectivity index (χ4v) is 1.76. The molecule has 0 aromatic carbocycles. The van der Waals surface area contributed by atoms with Crippen LogP contribution in [0.25, 0.3) is 0 Å². The van der Waals surface area contributed by atoms with Crippen LogP contribution in [0, 0.1) is 5.92 Å². The third kappa shape index (κ3) is 3.74. The van der Waals surface area contributed by atoms with Crippen LogP contribution >= 0.6 is 0 Å². The highest BCUT2D eigenvalue weighted by Gasteiger charge is 2.17. The van der Waals surface area contributed by atoms with E-state index < -0.39 is 0 Å². The fourth-order valence-electron chi connectivity index (χ4n) is 1.76. The van der Waals surface area contributed by atoms with Gasteiger partial charge in [0.15, 0.2) is 0 Å². The van der Waals surface area contributed by atoms with E-state index in [4.69, 9.17) is 0 Å². The first-order valence-electron chi connectivity index (χ1n) is 5.64. The highest BCUT2D eigenvalue weighted by molar-refractivity contribution is 5.91. The molecule has 0 saturated carbocycles. The van der Waals surface area contributed by atoms with Gasteiger partial charge >= 0.3 is 5.69 Å². The first-order valence-corrected chi connectivity index (χ1v) is 5.64. The molecule has 1 aromatic rings. The molecule has 96 valence electrons. The molecule has 1 unspecified atom stereocenters. The summed E-state index contributed by atoms with van der Waals surface area (Å²) in [6.07, 6.45) is 1.37. The predicted octanol–water partition coefficient (Wildman–Crippen LogP) is 0.0190. The van der Waals surface area contributed by atoms with Crippen LogP contribution in [0.5, 0.6) is 0 Å².